The van der Waals surface area contributed by atoms with Crippen LogP contribution in [0.15, 0.2) is 29.4 Å². The highest BCUT2D eigenvalue weighted by molar-refractivity contribution is 7.99. The Morgan fingerprint density at radius 1 is 1.34 bits per heavy atom. The number of hydrogen-bond acceptors (Lipinski definition) is 7. The van der Waals surface area contributed by atoms with Gasteiger partial charge >= 0.3 is 0 Å². The first-order chi connectivity index (χ1) is 16.8. The second-order valence-electron chi connectivity index (χ2n) is 9.71. The lowest BCUT2D eigenvalue weighted by atomic mass is 9.72. The van der Waals surface area contributed by atoms with Crippen LogP contribution in [0.2, 0.25) is 0 Å². The number of aromatic nitrogens is 3. The standard InChI is InChI=1S/C26H31N5O2S2/c1-6-31-23(18-9-7-8-10-20(18)33-5)29-30-25(31)34-15-22(32)28-24-19(14-27)17-12-11-16(26(2,3)4)13-21(17)35-24/h7-10,16H,6,11-13,15H2,1-5H3,(H,28,32). The zero-order valence-electron chi connectivity index (χ0n) is 20.8. The molecule has 0 bridgehead atoms. The number of anilines is 1. The van der Waals surface area contributed by atoms with Crippen LogP contribution >= 0.6 is 23.1 Å². The van der Waals surface area contributed by atoms with E-state index in [4.69, 9.17) is 4.74 Å². The number of ether oxygens (including phenoxy) is 1. The van der Waals surface area contributed by atoms with Crippen LogP contribution < -0.4 is 10.1 Å². The SMILES string of the molecule is CCn1c(SCC(=O)Nc2sc3c(c2C#N)CCC(C(C)(C)C)C3)nnc1-c1ccccc1OC. The summed E-state index contributed by atoms with van der Waals surface area (Å²) in [5, 5.41) is 22.8. The number of carbonyl (C=O) groups is 1. The molecule has 9 heteroatoms. The van der Waals surface area contributed by atoms with E-state index in [0.29, 0.717) is 34.0 Å². The third kappa shape index (κ3) is 5.24. The summed E-state index contributed by atoms with van der Waals surface area (Å²) in [5.41, 5.74) is 2.84. The number of benzene rings is 1. The molecule has 35 heavy (non-hydrogen) atoms. The summed E-state index contributed by atoms with van der Waals surface area (Å²) in [4.78, 5) is 14.1. The molecule has 0 spiro atoms. The van der Waals surface area contributed by atoms with Gasteiger partial charge in [0, 0.05) is 11.4 Å². The molecule has 1 aromatic carbocycles. The van der Waals surface area contributed by atoms with Crippen LogP contribution in [-0.2, 0) is 24.2 Å². The number of carbonyl (C=O) groups excluding carboxylic acids is 1. The van der Waals surface area contributed by atoms with Crippen LogP contribution in [-0.4, -0.2) is 33.5 Å². The summed E-state index contributed by atoms with van der Waals surface area (Å²) < 4.78 is 7.46. The largest absolute Gasteiger partial charge is 0.496 e. The van der Waals surface area contributed by atoms with Crippen LogP contribution in [0.25, 0.3) is 11.4 Å². The molecule has 1 atom stereocenters. The minimum Gasteiger partial charge on any atom is -0.496 e. The van der Waals surface area contributed by atoms with Crippen molar-refractivity contribution in [3.63, 3.8) is 0 Å². The molecular weight excluding hydrogens is 478 g/mol. The highest BCUT2D eigenvalue weighted by atomic mass is 32.2. The van der Waals surface area contributed by atoms with Crippen LogP contribution in [0.3, 0.4) is 0 Å². The fourth-order valence-electron chi connectivity index (χ4n) is 4.53. The van der Waals surface area contributed by atoms with Crippen molar-refractivity contribution < 1.29 is 9.53 Å². The zero-order chi connectivity index (χ0) is 25.2. The van der Waals surface area contributed by atoms with Crippen molar-refractivity contribution in [1.82, 2.24) is 14.8 Å². The second kappa shape index (κ2) is 10.4. The highest BCUT2D eigenvalue weighted by Crippen LogP contribution is 2.44. The van der Waals surface area contributed by atoms with Gasteiger partial charge in [-0.25, -0.2) is 0 Å². The molecule has 2 aromatic heterocycles. The third-order valence-electron chi connectivity index (χ3n) is 6.57. The van der Waals surface area contributed by atoms with E-state index < -0.39 is 0 Å². The van der Waals surface area contributed by atoms with Gasteiger partial charge in [0.1, 0.15) is 16.8 Å². The quantitative estimate of drug-likeness (QED) is 0.405. The number of thiophene rings is 1. The second-order valence-corrected chi connectivity index (χ2v) is 11.8. The van der Waals surface area contributed by atoms with E-state index in [1.807, 2.05) is 35.8 Å². The molecule has 0 radical (unpaired) electrons. The summed E-state index contributed by atoms with van der Waals surface area (Å²) >= 11 is 2.90. The molecule has 0 saturated heterocycles. The maximum absolute atomic E-state index is 12.9. The molecular formula is C26H31N5O2S2. The van der Waals surface area contributed by atoms with Gasteiger partial charge < -0.3 is 14.6 Å². The smallest absolute Gasteiger partial charge is 0.235 e. The van der Waals surface area contributed by atoms with Gasteiger partial charge in [-0.05, 0) is 55.2 Å². The molecule has 0 saturated carbocycles. The highest BCUT2D eigenvalue weighted by Gasteiger charge is 2.32. The lowest BCUT2D eigenvalue weighted by Crippen LogP contribution is -2.26. The Bertz CT molecular complexity index is 1270. The van der Waals surface area contributed by atoms with Gasteiger partial charge in [0.05, 0.1) is 24.0 Å². The molecule has 1 aliphatic rings. The van der Waals surface area contributed by atoms with Gasteiger partial charge in [-0.3, -0.25) is 4.79 Å². The average Bonchev–Trinajstić information content (AvgIpc) is 3.41. The minimum absolute atomic E-state index is 0.151. The summed E-state index contributed by atoms with van der Waals surface area (Å²) in [6, 6.07) is 10.0. The van der Waals surface area contributed by atoms with Gasteiger partial charge in [0.2, 0.25) is 5.91 Å². The van der Waals surface area contributed by atoms with Crippen LogP contribution in [0.5, 0.6) is 5.75 Å². The zero-order valence-corrected chi connectivity index (χ0v) is 22.5. The van der Waals surface area contributed by atoms with Gasteiger partial charge in [-0.15, -0.1) is 21.5 Å². The molecule has 1 aliphatic carbocycles. The van der Waals surface area contributed by atoms with Crippen molar-refractivity contribution in [2.75, 3.05) is 18.2 Å². The van der Waals surface area contributed by atoms with Crippen LogP contribution in [0.1, 0.15) is 50.1 Å². The molecule has 1 unspecified atom stereocenters. The molecule has 7 nitrogen and oxygen atoms in total. The van der Waals surface area contributed by atoms with Gasteiger partial charge in [0.25, 0.3) is 0 Å². The first kappa shape index (κ1) is 25.3. The molecule has 1 N–H and O–H groups in total. The summed E-state index contributed by atoms with van der Waals surface area (Å²) in [5.74, 6) is 2.05. The van der Waals surface area contributed by atoms with Crippen LogP contribution in [0.4, 0.5) is 5.00 Å². The molecule has 4 rings (SSSR count). The maximum atomic E-state index is 12.9. The molecule has 3 aromatic rings. The first-order valence-corrected chi connectivity index (χ1v) is 13.6. The van der Waals surface area contributed by atoms with Gasteiger partial charge in [0.15, 0.2) is 11.0 Å². The number of nitriles is 1. The molecule has 0 aliphatic heterocycles. The van der Waals surface area contributed by atoms with E-state index in [9.17, 15) is 10.1 Å². The van der Waals surface area contributed by atoms with E-state index in [-0.39, 0.29) is 17.1 Å². The van der Waals surface area contributed by atoms with E-state index >= 15 is 0 Å². The number of thioether (sulfide) groups is 1. The van der Waals surface area contributed by atoms with Crippen molar-refractivity contribution in [2.45, 2.75) is 58.7 Å². The molecule has 1 amide bonds. The van der Waals surface area contributed by atoms with Crippen molar-refractivity contribution in [1.29, 1.82) is 5.26 Å². The van der Waals surface area contributed by atoms with Gasteiger partial charge in [-0.1, -0.05) is 44.7 Å². The Morgan fingerprint density at radius 2 is 2.11 bits per heavy atom. The number of fused-ring (bicyclic) bond motifs is 1. The monoisotopic (exact) mass is 509 g/mol. The van der Waals surface area contributed by atoms with E-state index in [0.717, 1.165) is 36.1 Å². The van der Waals surface area contributed by atoms with Crippen molar-refractivity contribution in [3.8, 4) is 23.2 Å². The molecule has 0 fully saturated rings. The third-order valence-corrected chi connectivity index (χ3v) is 8.70. The fourth-order valence-corrected chi connectivity index (χ4v) is 6.63. The van der Waals surface area contributed by atoms with Crippen molar-refractivity contribution in [2.24, 2.45) is 11.3 Å². The topological polar surface area (TPSA) is 92.8 Å². The predicted molar refractivity (Wildman–Crippen MR) is 141 cm³/mol. The number of rotatable bonds is 7. The first-order valence-electron chi connectivity index (χ1n) is 11.8. The number of hydrogen-bond donors (Lipinski definition) is 1. The summed E-state index contributed by atoms with van der Waals surface area (Å²) in [7, 11) is 1.63. The van der Waals surface area contributed by atoms with E-state index in [2.05, 4.69) is 42.4 Å². The lowest BCUT2D eigenvalue weighted by Gasteiger charge is -2.33. The molecule has 2 heterocycles. The minimum atomic E-state index is -0.151. The summed E-state index contributed by atoms with van der Waals surface area (Å²) in [6.07, 6.45) is 2.94. The van der Waals surface area contributed by atoms with E-state index in [1.54, 1.807) is 18.4 Å². The van der Waals surface area contributed by atoms with Crippen molar-refractivity contribution >= 4 is 34.0 Å². The maximum Gasteiger partial charge on any atom is 0.235 e. The predicted octanol–water partition coefficient (Wildman–Crippen LogP) is 5.79. The number of nitrogens with zero attached hydrogens (tertiary/aromatic N) is 4. The summed E-state index contributed by atoms with van der Waals surface area (Å²) in [6.45, 7) is 9.50. The Morgan fingerprint density at radius 3 is 2.80 bits per heavy atom. The van der Waals surface area contributed by atoms with Crippen LogP contribution in [0, 0.1) is 22.7 Å². The van der Waals surface area contributed by atoms with Crippen molar-refractivity contribution in [3.05, 3.63) is 40.3 Å². The number of amides is 1. The average molecular weight is 510 g/mol. The fraction of sp³-hybridized carbons (Fsp3) is 0.462. The lowest BCUT2D eigenvalue weighted by molar-refractivity contribution is -0.113. The Kier molecular flexibility index (Phi) is 7.53. The molecule has 184 valence electrons. The Labute approximate surface area is 214 Å². The Hall–Kier alpha value is -2.83. The normalized spacial score (nSPS) is 15.4. The number of para-hydroxylation sites is 1. The Balaban J connectivity index is 1.47. The number of methoxy groups -OCH3 is 1. The number of nitrogens with one attached hydrogen (secondary N) is 1. The van der Waals surface area contributed by atoms with E-state index in [1.165, 1.54) is 16.6 Å². The van der Waals surface area contributed by atoms with Gasteiger partial charge in [-0.2, -0.15) is 5.26 Å².